The normalized spacial score (nSPS) is 10.6. The fraction of sp³-hybridized carbons (Fsp3) is 0.125. The summed E-state index contributed by atoms with van der Waals surface area (Å²) < 4.78 is 25.2. The van der Waals surface area contributed by atoms with Crippen LogP contribution in [0.5, 0.6) is 0 Å². The van der Waals surface area contributed by atoms with Gasteiger partial charge in [-0.3, -0.25) is 0 Å². The molecule has 0 unspecified atom stereocenters. The third-order valence-corrected chi connectivity index (χ3v) is 1.22. The van der Waals surface area contributed by atoms with Crippen LogP contribution in [-0.2, 0) is 4.84 Å². The zero-order valence-corrected chi connectivity index (χ0v) is 6.34. The van der Waals surface area contributed by atoms with Gasteiger partial charge in [-0.15, -0.1) is 0 Å². The second-order valence-electron chi connectivity index (χ2n) is 1.98. The standard InChI is InChI=1S/C8H6F2NO/c1-12-11-5-6-3-2-4-7(9)8(6)10/h2-3,5H,1H3. The quantitative estimate of drug-likeness (QED) is 0.489. The molecule has 0 N–H and O–H groups in total. The van der Waals surface area contributed by atoms with E-state index in [0.29, 0.717) is 0 Å². The fourth-order valence-electron chi connectivity index (χ4n) is 0.677. The second-order valence-corrected chi connectivity index (χ2v) is 1.98. The lowest BCUT2D eigenvalue weighted by Gasteiger charge is -1.95. The summed E-state index contributed by atoms with van der Waals surface area (Å²) in [6, 6.07) is 4.69. The number of nitrogens with zero attached hydrogens (tertiary/aromatic N) is 1. The van der Waals surface area contributed by atoms with Crippen molar-refractivity contribution in [1.29, 1.82) is 0 Å². The van der Waals surface area contributed by atoms with Gasteiger partial charge in [-0.05, 0) is 6.07 Å². The predicted molar refractivity (Wildman–Crippen MR) is 39.8 cm³/mol. The summed E-state index contributed by atoms with van der Waals surface area (Å²) in [5, 5.41) is 3.30. The molecule has 1 radical (unpaired) electrons. The molecule has 0 bridgehead atoms. The van der Waals surface area contributed by atoms with Crippen LogP contribution < -0.4 is 0 Å². The van der Waals surface area contributed by atoms with Crippen molar-refractivity contribution in [2.24, 2.45) is 5.16 Å². The molecule has 0 aliphatic rings. The Balaban J connectivity index is 3.00. The average Bonchev–Trinajstić information content (AvgIpc) is 2.08. The van der Waals surface area contributed by atoms with Gasteiger partial charge in [0.2, 0.25) is 0 Å². The first-order valence-electron chi connectivity index (χ1n) is 3.18. The lowest BCUT2D eigenvalue weighted by Crippen LogP contribution is -1.92. The predicted octanol–water partition coefficient (Wildman–Crippen LogP) is 1.75. The van der Waals surface area contributed by atoms with Crippen LogP contribution in [0.25, 0.3) is 0 Å². The van der Waals surface area contributed by atoms with Crippen molar-refractivity contribution in [1.82, 2.24) is 0 Å². The molecule has 0 atom stereocenters. The Morgan fingerprint density at radius 3 is 3.00 bits per heavy atom. The highest BCUT2D eigenvalue weighted by Gasteiger charge is 2.04. The van der Waals surface area contributed by atoms with Crippen LogP contribution in [0.15, 0.2) is 17.3 Å². The van der Waals surface area contributed by atoms with Gasteiger partial charge in [0.25, 0.3) is 0 Å². The van der Waals surface area contributed by atoms with Crippen molar-refractivity contribution in [3.05, 3.63) is 35.4 Å². The monoisotopic (exact) mass is 170 g/mol. The second kappa shape index (κ2) is 3.80. The van der Waals surface area contributed by atoms with Crippen molar-refractivity contribution in [2.75, 3.05) is 7.11 Å². The summed E-state index contributed by atoms with van der Waals surface area (Å²) in [5.41, 5.74) is 0.0353. The van der Waals surface area contributed by atoms with E-state index in [2.05, 4.69) is 16.1 Å². The molecule has 0 aliphatic heterocycles. The molecular formula is C8H6F2NO. The summed E-state index contributed by atoms with van der Waals surface area (Å²) in [4.78, 5) is 4.31. The number of benzene rings is 1. The molecule has 1 rings (SSSR count). The Labute approximate surface area is 68.5 Å². The summed E-state index contributed by atoms with van der Waals surface area (Å²) >= 11 is 0. The van der Waals surface area contributed by atoms with Gasteiger partial charge in [0.1, 0.15) is 7.11 Å². The summed E-state index contributed by atoms with van der Waals surface area (Å²) in [6.07, 6.45) is 1.09. The van der Waals surface area contributed by atoms with Gasteiger partial charge in [-0.2, -0.15) is 0 Å². The lowest BCUT2D eigenvalue weighted by atomic mass is 10.2. The zero-order valence-electron chi connectivity index (χ0n) is 6.34. The van der Waals surface area contributed by atoms with Crippen LogP contribution in [0.2, 0.25) is 0 Å². The van der Waals surface area contributed by atoms with Crippen molar-refractivity contribution in [3.63, 3.8) is 0 Å². The van der Waals surface area contributed by atoms with E-state index in [-0.39, 0.29) is 5.56 Å². The molecule has 0 fully saturated rings. The van der Waals surface area contributed by atoms with E-state index in [0.717, 1.165) is 6.21 Å². The molecule has 2 nitrogen and oxygen atoms in total. The highest BCUT2D eigenvalue weighted by atomic mass is 19.2. The molecule has 1 aromatic carbocycles. The maximum absolute atomic E-state index is 12.8. The first-order valence-corrected chi connectivity index (χ1v) is 3.18. The number of oxime groups is 1. The van der Waals surface area contributed by atoms with E-state index >= 15 is 0 Å². The van der Waals surface area contributed by atoms with Gasteiger partial charge in [0.15, 0.2) is 11.6 Å². The van der Waals surface area contributed by atoms with Crippen LogP contribution in [0.3, 0.4) is 0 Å². The maximum atomic E-state index is 12.8. The molecule has 0 heterocycles. The Kier molecular flexibility index (Phi) is 2.74. The van der Waals surface area contributed by atoms with Crippen LogP contribution in [0.1, 0.15) is 5.56 Å². The molecule has 0 saturated carbocycles. The van der Waals surface area contributed by atoms with Crippen LogP contribution >= 0.6 is 0 Å². The van der Waals surface area contributed by atoms with Crippen LogP contribution in [0.4, 0.5) is 8.78 Å². The summed E-state index contributed by atoms with van der Waals surface area (Å²) in [7, 11) is 1.32. The Hall–Kier alpha value is -1.45. The molecule has 0 spiro atoms. The largest absolute Gasteiger partial charge is 0.399 e. The highest BCUT2D eigenvalue weighted by molar-refractivity contribution is 5.79. The molecule has 0 aromatic heterocycles. The molecule has 0 aliphatic carbocycles. The Bertz CT molecular complexity index is 299. The van der Waals surface area contributed by atoms with E-state index in [1.54, 1.807) is 0 Å². The first-order chi connectivity index (χ1) is 5.75. The summed E-state index contributed by atoms with van der Waals surface area (Å²) in [6.45, 7) is 0. The number of rotatable bonds is 2. The van der Waals surface area contributed by atoms with E-state index in [4.69, 9.17) is 0 Å². The molecule has 0 saturated heterocycles. The van der Waals surface area contributed by atoms with Crippen molar-refractivity contribution >= 4 is 6.21 Å². The van der Waals surface area contributed by atoms with E-state index < -0.39 is 11.6 Å². The maximum Gasteiger partial charge on any atom is 0.168 e. The SMILES string of the molecule is CON=Cc1cc[c]c(F)c1F. The van der Waals surface area contributed by atoms with Gasteiger partial charge in [-0.1, -0.05) is 11.2 Å². The van der Waals surface area contributed by atoms with Crippen molar-refractivity contribution in [3.8, 4) is 0 Å². The first kappa shape index (κ1) is 8.64. The summed E-state index contributed by atoms with van der Waals surface area (Å²) in [5.74, 6) is -1.99. The smallest absolute Gasteiger partial charge is 0.168 e. The third-order valence-electron chi connectivity index (χ3n) is 1.22. The molecular weight excluding hydrogens is 164 g/mol. The molecule has 12 heavy (non-hydrogen) atoms. The van der Waals surface area contributed by atoms with Gasteiger partial charge >= 0.3 is 0 Å². The van der Waals surface area contributed by atoms with Gasteiger partial charge in [0, 0.05) is 11.6 Å². The number of halogens is 2. The molecule has 63 valence electrons. The highest BCUT2D eigenvalue weighted by Crippen LogP contribution is 2.08. The lowest BCUT2D eigenvalue weighted by molar-refractivity contribution is 0.215. The minimum Gasteiger partial charge on any atom is -0.399 e. The van der Waals surface area contributed by atoms with Crippen LogP contribution in [-0.4, -0.2) is 13.3 Å². The van der Waals surface area contributed by atoms with E-state index in [9.17, 15) is 8.78 Å². The Morgan fingerprint density at radius 2 is 2.33 bits per heavy atom. The van der Waals surface area contributed by atoms with Crippen molar-refractivity contribution < 1.29 is 13.6 Å². The number of hydrogen-bond donors (Lipinski definition) is 0. The van der Waals surface area contributed by atoms with Gasteiger partial charge in [0.05, 0.1) is 6.21 Å². The van der Waals surface area contributed by atoms with Gasteiger partial charge < -0.3 is 4.84 Å². The van der Waals surface area contributed by atoms with E-state index in [1.807, 2.05) is 0 Å². The third kappa shape index (κ3) is 1.78. The average molecular weight is 170 g/mol. The zero-order chi connectivity index (χ0) is 8.97. The number of hydrogen-bond acceptors (Lipinski definition) is 2. The Morgan fingerprint density at radius 1 is 1.58 bits per heavy atom. The topological polar surface area (TPSA) is 21.6 Å². The molecule has 1 aromatic rings. The molecule has 4 heteroatoms. The van der Waals surface area contributed by atoms with Crippen molar-refractivity contribution in [2.45, 2.75) is 0 Å². The van der Waals surface area contributed by atoms with E-state index in [1.165, 1.54) is 19.2 Å². The fourth-order valence-corrected chi connectivity index (χ4v) is 0.677. The van der Waals surface area contributed by atoms with Crippen LogP contribution in [0, 0.1) is 17.7 Å². The minimum atomic E-state index is -1.02. The minimum absolute atomic E-state index is 0.0353. The molecule has 0 amide bonds. The van der Waals surface area contributed by atoms with Gasteiger partial charge in [-0.25, -0.2) is 8.78 Å².